The smallest absolute Gasteiger partial charge is 0.144 e. The van der Waals surface area contributed by atoms with E-state index in [-0.39, 0.29) is 6.04 Å². The van der Waals surface area contributed by atoms with Crippen LogP contribution in [0.1, 0.15) is 26.7 Å². The van der Waals surface area contributed by atoms with E-state index < -0.39 is 0 Å². The van der Waals surface area contributed by atoms with Gasteiger partial charge in [-0.1, -0.05) is 13.8 Å². The lowest BCUT2D eigenvalue weighted by atomic mass is 10.2. The average molecular weight is 170 g/mol. The fourth-order valence-electron chi connectivity index (χ4n) is 0.787. The molecule has 0 radical (unpaired) electrons. The minimum Gasteiger partial charge on any atom is -0.330 e. The summed E-state index contributed by atoms with van der Waals surface area (Å²) in [5.41, 5.74) is 5.32. The van der Waals surface area contributed by atoms with E-state index in [9.17, 15) is 4.79 Å². The van der Waals surface area contributed by atoms with E-state index in [4.69, 9.17) is 5.73 Å². The molecule has 12 heavy (non-hydrogen) atoms. The van der Waals surface area contributed by atoms with Gasteiger partial charge in [-0.3, -0.25) is 4.99 Å². The SMILES string of the molecule is CC(C)/C=N/[C@H](C=O)CCCN. The number of rotatable bonds is 6. The molecule has 0 saturated carbocycles. The summed E-state index contributed by atoms with van der Waals surface area (Å²) >= 11 is 0. The molecule has 70 valence electrons. The Morgan fingerprint density at radius 3 is 2.58 bits per heavy atom. The molecular weight excluding hydrogens is 152 g/mol. The van der Waals surface area contributed by atoms with Crippen molar-refractivity contribution in [3.05, 3.63) is 0 Å². The highest BCUT2D eigenvalue weighted by molar-refractivity contribution is 5.66. The number of carbonyl (C=O) groups is 1. The molecule has 3 heteroatoms. The van der Waals surface area contributed by atoms with Gasteiger partial charge in [0.25, 0.3) is 0 Å². The normalized spacial score (nSPS) is 14.0. The van der Waals surface area contributed by atoms with Crippen molar-refractivity contribution in [2.75, 3.05) is 6.54 Å². The van der Waals surface area contributed by atoms with E-state index in [2.05, 4.69) is 4.99 Å². The number of hydrogen-bond acceptors (Lipinski definition) is 3. The number of nitrogens with zero attached hydrogens (tertiary/aromatic N) is 1. The summed E-state index contributed by atoms with van der Waals surface area (Å²) in [7, 11) is 0. The first-order valence-corrected chi connectivity index (χ1v) is 4.39. The lowest BCUT2D eigenvalue weighted by molar-refractivity contribution is -0.108. The van der Waals surface area contributed by atoms with Crippen molar-refractivity contribution in [1.29, 1.82) is 0 Å². The zero-order chi connectivity index (χ0) is 9.40. The Kier molecular flexibility index (Phi) is 6.57. The fourth-order valence-corrected chi connectivity index (χ4v) is 0.787. The number of nitrogens with two attached hydrogens (primary N) is 1. The minimum absolute atomic E-state index is 0.184. The number of hydrogen-bond donors (Lipinski definition) is 1. The standard InChI is InChI=1S/C9H18N2O/c1-8(2)6-11-9(7-12)4-3-5-10/h6-9H,3-5,10H2,1-2H3/b11-6+/t9-/m0/s1. The summed E-state index contributed by atoms with van der Waals surface area (Å²) in [5.74, 6) is 0.408. The summed E-state index contributed by atoms with van der Waals surface area (Å²) in [4.78, 5) is 14.6. The Balaban J connectivity index is 3.74. The van der Waals surface area contributed by atoms with E-state index in [0.717, 1.165) is 19.1 Å². The van der Waals surface area contributed by atoms with E-state index in [1.54, 1.807) is 0 Å². The van der Waals surface area contributed by atoms with E-state index >= 15 is 0 Å². The summed E-state index contributed by atoms with van der Waals surface area (Å²) in [6.45, 7) is 4.70. The molecule has 0 spiro atoms. The highest BCUT2D eigenvalue weighted by Crippen LogP contribution is 1.98. The number of aldehydes is 1. The third kappa shape index (κ3) is 6.04. The van der Waals surface area contributed by atoms with Crippen molar-refractivity contribution >= 4 is 12.5 Å². The van der Waals surface area contributed by atoms with Gasteiger partial charge in [-0.25, -0.2) is 0 Å². The molecule has 0 amide bonds. The first-order valence-electron chi connectivity index (χ1n) is 4.39. The van der Waals surface area contributed by atoms with Crippen molar-refractivity contribution in [2.24, 2.45) is 16.6 Å². The Hall–Kier alpha value is -0.700. The monoisotopic (exact) mass is 170 g/mol. The van der Waals surface area contributed by atoms with Crippen LogP contribution in [0.25, 0.3) is 0 Å². The van der Waals surface area contributed by atoms with Crippen LogP contribution < -0.4 is 5.73 Å². The topological polar surface area (TPSA) is 55.5 Å². The lowest BCUT2D eigenvalue weighted by Crippen LogP contribution is -2.10. The Morgan fingerprint density at radius 1 is 1.50 bits per heavy atom. The van der Waals surface area contributed by atoms with Crippen LogP contribution in [0.5, 0.6) is 0 Å². The molecule has 0 bridgehead atoms. The van der Waals surface area contributed by atoms with Gasteiger partial charge < -0.3 is 10.5 Å². The third-order valence-corrected chi connectivity index (χ3v) is 1.44. The molecule has 0 rings (SSSR count). The van der Waals surface area contributed by atoms with Crippen LogP contribution in [0.4, 0.5) is 0 Å². The second kappa shape index (κ2) is 6.98. The molecular formula is C9H18N2O. The van der Waals surface area contributed by atoms with Crippen molar-refractivity contribution in [1.82, 2.24) is 0 Å². The van der Waals surface area contributed by atoms with Crippen LogP contribution in [-0.4, -0.2) is 25.1 Å². The Labute approximate surface area is 74.1 Å². The van der Waals surface area contributed by atoms with Crippen LogP contribution >= 0.6 is 0 Å². The minimum atomic E-state index is -0.184. The Morgan fingerprint density at radius 2 is 2.17 bits per heavy atom. The largest absolute Gasteiger partial charge is 0.330 e. The van der Waals surface area contributed by atoms with Crippen LogP contribution in [0.2, 0.25) is 0 Å². The molecule has 0 fully saturated rings. The van der Waals surface area contributed by atoms with Crippen molar-refractivity contribution in [3.8, 4) is 0 Å². The summed E-state index contributed by atoms with van der Waals surface area (Å²) in [5, 5.41) is 0. The number of carbonyl (C=O) groups excluding carboxylic acids is 1. The van der Waals surface area contributed by atoms with Crippen LogP contribution in [0.3, 0.4) is 0 Å². The molecule has 0 heterocycles. The second-order valence-corrected chi connectivity index (χ2v) is 3.18. The molecule has 0 saturated heterocycles. The van der Waals surface area contributed by atoms with Crippen LogP contribution in [0, 0.1) is 5.92 Å². The van der Waals surface area contributed by atoms with Gasteiger partial charge in [-0.15, -0.1) is 0 Å². The maximum atomic E-state index is 10.5. The maximum absolute atomic E-state index is 10.5. The van der Waals surface area contributed by atoms with E-state index in [1.165, 1.54) is 0 Å². The van der Waals surface area contributed by atoms with Crippen molar-refractivity contribution in [3.63, 3.8) is 0 Å². The fraction of sp³-hybridized carbons (Fsp3) is 0.778. The highest BCUT2D eigenvalue weighted by Gasteiger charge is 2.02. The van der Waals surface area contributed by atoms with Crippen LogP contribution in [-0.2, 0) is 4.79 Å². The van der Waals surface area contributed by atoms with Gasteiger partial charge in [-0.2, -0.15) is 0 Å². The lowest BCUT2D eigenvalue weighted by Gasteiger charge is -2.03. The molecule has 0 aromatic carbocycles. The van der Waals surface area contributed by atoms with E-state index in [0.29, 0.717) is 12.5 Å². The van der Waals surface area contributed by atoms with Gasteiger partial charge in [0.15, 0.2) is 0 Å². The summed E-state index contributed by atoms with van der Waals surface area (Å²) < 4.78 is 0. The third-order valence-electron chi connectivity index (χ3n) is 1.44. The van der Waals surface area contributed by atoms with E-state index in [1.807, 2.05) is 20.1 Å². The molecule has 1 atom stereocenters. The highest BCUT2D eigenvalue weighted by atomic mass is 16.1. The van der Waals surface area contributed by atoms with Crippen molar-refractivity contribution < 1.29 is 4.79 Å². The second-order valence-electron chi connectivity index (χ2n) is 3.18. The van der Waals surface area contributed by atoms with Crippen molar-refractivity contribution in [2.45, 2.75) is 32.7 Å². The maximum Gasteiger partial charge on any atom is 0.144 e. The molecule has 0 aliphatic rings. The van der Waals surface area contributed by atoms with Gasteiger partial charge in [0.05, 0.1) is 0 Å². The van der Waals surface area contributed by atoms with Gasteiger partial charge in [0.2, 0.25) is 0 Å². The molecule has 0 aromatic heterocycles. The molecule has 3 nitrogen and oxygen atoms in total. The van der Waals surface area contributed by atoms with Gasteiger partial charge in [0.1, 0.15) is 12.3 Å². The predicted octanol–water partition coefficient (Wildman–Crippen LogP) is 1.02. The molecule has 0 aromatic rings. The molecule has 2 N–H and O–H groups in total. The van der Waals surface area contributed by atoms with Gasteiger partial charge in [0, 0.05) is 6.21 Å². The van der Waals surface area contributed by atoms with Crippen LogP contribution in [0.15, 0.2) is 4.99 Å². The zero-order valence-corrected chi connectivity index (χ0v) is 7.86. The Bertz CT molecular complexity index is 143. The quantitative estimate of drug-likeness (QED) is 0.478. The molecule has 0 aliphatic heterocycles. The summed E-state index contributed by atoms with van der Waals surface area (Å²) in [6, 6.07) is -0.184. The first-order chi connectivity index (χ1) is 5.70. The van der Waals surface area contributed by atoms with Gasteiger partial charge >= 0.3 is 0 Å². The predicted molar refractivity (Wildman–Crippen MR) is 51.5 cm³/mol. The molecule has 0 aliphatic carbocycles. The number of aliphatic imine (C=N–C) groups is 1. The van der Waals surface area contributed by atoms with Gasteiger partial charge in [-0.05, 0) is 25.3 Å². The zero-order valence-electron chi connectivity index (χ0n) is 7.86. The molecule has 0 unspecified atom stereocenters. The summed E-state index contributed by atoms with van der Waals surface area (Å²) in [6.07, 6.45) is 4.33. The average Bonchev–Trinajstić information content (AvgIpc) is 2.05. The first kappa shape index (κ1) is 11.3.